The lowest BCUT2D eigenvalue weighted by Gasteiger charge is -1.96. The van der Waals surface area contributed by atoms with E-state index in [1.165, 1.54) is 0 Å². The number of hydrogen-bond donors (Lipinski definition) is 1. The van der Waals surface area contributed by atoms with Gasteiger partial charge in [0.25, 0.3) is 0 Å². The van der Waals surface area contributed by atoms with Crippen LogP contribution in [0.3, 0.4) is 0 Å². The Morgan fingerprint density at radius 1 is 1.10 bits per heavy atom. The molecule has 0 aliphatic carbocycles. The molecule has 0 aliphatic rings. The molecule has 0 saturated heterocycles. The summed E-state index contributed by atoms with van der Waals surface area (Å²) in [5.41, 5.74) is 3.27. The number of allylic oxidation sites excluding steroid dienone is 2. The van der Waals surface area contributed by atoms with Crippen molar-refractivity contribution in [1.29, 1.82) is 0 Å². The highest BCUT2D eigenvalue weighted by atomic mass is 14.9. The molecule has 1 rings (SSSR count). The number of H-pyrrole nitrogens is 1. The van der Waals surface area contributed by atoms with E-state index < -0.39 is 0 Å². The first-order chi connectivity index (χ1) is 9.54. The fraction of sp³-hybridized carbons (Fsp3) is 0.611. The van der Waals surface area contributed by atoms with E-state index in [0.717, 1.165) is 22.8 Å². The zero-order chi connectivity index (χ0) is 16.7. The van der Waals surface area contributed by atoms with Crippen molar-refractivity contribution in [1.82, 2.24) is 9.97 Å². The highest BCUT2D eigenvalue weighted by molar-refractivity contribution is 5.53. The van der Waals surface area contributed by atoms with Crippen LogP contribution < -0.4 is 0 Å². The number of rotatable bonds is 3. The molecule has 0 saturated carbocycles. The maximum atomic E-state index is 4.52. The van der Waals surface area contributed by atoms with E-state index in [-0.39, 0.29) is 0 Å². The lowest BCUT2D eigenvalue weighted by atomic mass is 10.2. The lowest BCUT2D eigenvalue weighted by molar-refractivity contribution is 0.791. The molecule has 0 spiro atoms. The molecule has 0 unspecified atom stereocenters. The van der Waals surface area contributed by atoms with Crippen molar-refractivity contribution < 1.29 is 0 Å². The van der Waals surface area contributed by atoms with Crippen molar-refractivity contribution in [3.63, 3.8) is 0 Å². The summed E-state index contributed by atoms with van der Waals surface area (Å²) in [6, 6.07) is 0. The molecule has 0 atom stereocenters. The minimum Gasteiger partial charge on any atom is -0.345 e. The zero-order valence-corrected chi connectivity index (χ0v) is 15.4. The number of nitrogens with one attached hydrogen (secondary N) is 1. The molecule has 0 aliphatic heterocycles. The molecular formula is C18H36N2. The first-order valence-electron chi connectivity index (χ1n) is 7.91. The molecular weight excluding hydrogens is 244 g/mol. The van der Waals surface area contributed by atoms with E-state index in [9.17, 15) is 0 Å². The van der Waals surface area contributed by atoms with Crippen LogP contribution in [0.25, 0.3) is 6.08 Å². The average molecular weight is 280 g/mol. The van der Waals surface area contributed by atoms with Gasteiger partial charge in [-0.05, 0) is 25.5 Å². The van der Waals surface area contributed by atoms with Crippen LogP contribution in [0.2, 0.25) is 0 Å². The molecule has 0 amide bonds. The Morgan fingerprint density at radius 3 is 1.85 bits per heavy atom. The summed E-state index contributed by atoms with van der Waals surface area (Å²) in [5.74, 6) is 1.49. The lowest BCUT2D eigenvalue weighted by Crippen LogP contribution is -1.89. The van der Waals surface area contributed by atoms with Gasteiger partial charge in [-0.2, -0.15) is 0 Å². The van der Waals surface area contributed by atoms with Gasteiger partial charge in [0.1, 0.15) is 5.82 Å². The number of aromatic amines is 1. The molecule has 118 valence electrons. The maximum absolute atomic E-state index is 4.52. The summed E-state index contributed by atoms with van der Waals surface area (Å²) in [5, 5.41) is 0. The fourth-order valence-electron chi connectivity index (χ4n) is 1.19. The molecule has 0 aromatic carbocycles. The van der Waals surface area contributed by atoms with Gasteiger partial charge in [0.15, 0.2) is 0 Å². The van der Waals surface area contributed by atoms with Crippen molar-refractivity contribution in [3.05, 3.63) is 35.4 Å². The van der Waals surface area contributed by atoms with Crippen molar-refractivity contribution in [2.75, 3.05) is 0 Å². The van der Waals surface area contributed by atoms with E-state index in [4.69, 9.17) is 0 Å². The molecule has 0 radical (unpaired) electrons. The van der Waals surface area contributed by atoms with Gasteiger partial charge >= 0.3 is 0 Å². The van der Waals surface area contributed by atoms with Crippen LogP contribution in [0.4, 0.5) is 0 Å². The highest BCUT2D eigenvalue weighted by Gasteiger charge is 2.07. The van der Waals surface area contributed by atoms with Gasteiger partial charge in [-0.15, -0.1) is 0 Å². The molecule has 2 nitrogen and oxygen atoms in total. The third kappa shape index (κ3) is 9.60. The average Bonchev–Trinajstić information content (AvgIpc) is 2.86. The molecule has 1 N–H and O–H groups in total. The maximum Gasteiger partial charge on any atom is 0.109 e. The summed E-state index contributed by atoms with van der Waals surface area (Å²) in [6.45, 7) is 24.1. The second-order valence-corrected chi connectivity index (χ2v) is 3.88. The summed E-state index contributed by atoms with van der Waals surface area (Å²) in [4.78, 5) is 7.80. The largest absolute Gasteiger partial charge is 0.345 e. The zero-order valence-electron chi connectivity index (χ0n) is 15.4. The van der Waals surface area contributed by atoms with Gasteiger partial charge in [0, 0.05) is 11.6 Å². The molecule has 1 heterocycles. The van der Waals surface area contributed by atoms with E-state index in [0.29, 0.717) is 5.92 Å². The van der Waals surface area contributed by atoms with Crippen LogP contribution in [-0.2, 0) is 0 Å². The first-order valence-corrected chi connectivity index (χ1v) is 7.91. The van der Waals surface area contributed by atoms with Crippen LogP contribution in [0.15, 0.2) is 18.2 Å². The summed E-state index contributed by atoms with van der Waals surface area (Å²) in [6.07, 6.45) is 3.88. The Balaban J connectivity index is -0.000000425. The number of imidazole rings is 1. The summed E-state index contributed by atoms with van der Waals surface area (Å²) < 4.78 is 0. The predicted molar refractivity (Wildman–Crippen MR) is 95.3 cm³/mol. The van der Waals surface area contributed by atoms with Gasteiger partial charge in [0.2, 0.25) is 0 Å². The quantitative estimate of drug-likeness (QED) is 0.628. The van der Waals surface area contributed by atoms with E-state index in [2.05, 4.69) is 30.4 Å². The van der Waals surface area contributed by atoms with E-state index in [1.807, 2.05) is 67.5 Å². The summed E-state index contributed by atoms with van der Waals surface area (Å²) >= 11 is 0. The number of nitrogens with zero attached hydrogens (tertiary/aromatic N) is 1. The predicted octanol–water partition coefficient (Wildman–Crippen LogP) is 6.51. The normalized spacial score (nSPS) is 9.45. The molecule has 20 heavy (non-hydrogen) atoms. The van der Waals surface area contributed by atoms with Crippen LogP contribution in [-0.4, -0.2) is 9.97 Å². The fourth-order valence-corrected chi connectivity index (χ4v) is 1.19. The minimum absolute atomic E-state index is 0.444. The van der Waals surface area contributed by atoms with Gasteiger partial charge in [-0.3, -0.25) is 0 Å². The SMILES string of the molecule is C=C/C(C)=C\c1nc(C(C)C)[nH]c1C.CC.CC.CC. The van der Waals surface area contributed by atoms with Crippen LogP contribution in [0.5, 0.6) is 0 Å². The Morgan fingerprint density at radius 2 is 1.55 bits per heavy atom. The van der Waals surface area contributed by atoms with Crippen LogP contribution in [0.1, 0.15) is 85.4 Å². The summed E-state index contributed by atoms with van der Waals surface area (Å²) in [7, 11) is 0. The third-order valence-electron chi connectivity index (χ3n) is 2.17. The van der Waals surface area contributed by atoms with Gasteiger partial charge < -0.3 is 4.98 Å². The van der Waals surface area contributed by atoms with Crippen molar-refractivity contribution in [3.8, 4) is 0 Å². The van der Waals surface area contributed by atoms with Crippen molar-refractivity contribution in [2.45, 2.75) is 75.2 Å². The Hall–Kier alpha value is -1.31. The standard InChI is InChI=1S/C12H18N2.3C2H6/c1-6-9(4)7-11-10(5)13-12(14-11)8(2)3;3*1-2/h6-8H,1H2,2-5H3,(H,13,14);3*1-2H3/b9-7-;;;. The second-order valence-electron chi connectivity index (χ2n) is 3.88. The molecule has 0 bridgehead atoms. The first kappa shape index (κ1) is 23.8. The van der Waals surface area contributed by atoms with Gasteiger partial charge in [-0.25, -0.2) is 4.98 Å². The Bertz CT molecular complexity index is 357. The molecule has 2 heteroatoms. The van der Waals surface area contributed by atoms with Crippen LogP contribution >= 0.6 is 0 Å². The van der Waals surface area contributed by atoms with Crippen molar-refractivity contribution in [2.24, 2.45) is 0 Å². The number of aryl methyl sites for hydroxylation is 1. The Kier molecular flexibility index (Phi) is 18.7. The number of aromatic nitrogens is 2. The molecule has 1 aromatic heterocycles. The van der Waals surface area contributed by atoms with E-state index >= 15 is 0 Å². The van der Waals surface area contributed by atoms with Gasteiger partial charge in [-0.1, -0.05) is 68.0 Å². The monoisotopic (exact) mass is 280 g/mol. The number of hydrogen-bond acceptors (Lipinski definition) is 1. The Labute approximate surface area is 127 Å². The van der Waals surface area contributed by atoms with Crippen molar-refractivity contribution >= 4 is 6.08 Å². The smallest absolute Gasteiger partial charge is 0.109 e. The van der Waals surface area contributed by atoms with Crippen LogP contribution in [0, 0.1) is 6.92 Å². The highest BCUT2D eigenvalue weighted by Crippen LogP contribution is 2.15. The molecule has 0 fully saturated rings. The molecule has 1 aromatic rings. The minimum atomic E-state index is 0.444. The second kappa shape index (κ2) is 15.7. The van der Waals surface area contributed by atoms with E-state index in [1.54, 1.807) is 0 Å². The van der Waals surface area contributed by atoms with Gasteiger partial charge in [0.05, 0.1) is 5.69 Å². The topological polar surface area (TPSA) is 28.7 Å². The third-order valence-corrected chi connectivity index (χ3v) is 2.17.